The van der Waals surface area contributed by atoms with Gasteiger partial charge in [-0.3, -0.25) is 4.79 Å². The first-order valence-corrected chi connectivity index (χ1v) is 9.17. The number of nitrogens with zero attached hydrogens (tertiary/aromatic N) is 2. The SMILES string of the molecule is Cc1cccn2cc(COc3ccc(C(=O)NCc4ccccc4)cc3)nc12. The minimum Gasteiger partial charge on any atom is -0.487 e. The van der Waals surface area contributed by atoms with Crippen molar-refractivity contribution < 1.29 is 9.53 Å². The van der Waals surface area contributed by atoms with Crippen molar-refractivity contribution in [3.63, 3.8) is 0 Å². The van der Waals surface area contributed by atoms with Gasteiger partial charge in [0, 0.05) is 24.5 Å². The number of fused-ring (bicyclic) bond motifs is 1. The van der Waals surface area contributed by atoms with E-state index in [1.54, 1.807) is 24.3 Å². The number of hydrogen-bond donors (Lipinski definition) is 1. The summed E-state index contributed by atoms with van der Waals surface area (Å²) in [4.78, 5) is 16.9. The lowest BCUT2D eigenvalue weighted by atomic mass is 10.2. The van der Waals surface area contributed by atoms with E-state index in [0.717, 1.165) is 22.5 Å². The lowest BCUT2D eigenvalue weighted by Crippen LogP contribution is -2.22. The number of benzene rings is 2. The van der Waals surface area contributed by atoms with Crippen molar-refractivity contribution in [3.05, 3.63) is 102 Å². The molecule has 1 amide bonds. The number of amides is 1. The number of nitrogens with one attached hydrogen (secondary N) is 1. The number of imidazole rings is 1. The smallest absolute Gasteiger partial charge is 0.251 e. The Kier molecular flexibility index (Phi) is 5.06. The summed E-state index contributed by atoms with van der Waals surface area (Å²) in [6.07, 6.45) is 3.94. The number of aromatic nitrogens is 2. The quantitative estimate of drug-likeness (QED) is 0.554. The lowest BCUT2D eigenvalue weighted by Gasteiger charge is -2.07. The van der Waals surface area contributed by atoms with Crippen molar-refractivity contribution in [1.82, 2.24) is 14.7 Å². The largest absolute Gasteiger partial charge is 0.487 e. The second-order valence-electron chi connectivity index (χ2n) is 6.64. The molecule has 0 aliphatic heterocycles. The van der Waals surface area contributed by atoms with E-state index in [9.17, 15) is 4.79 Å². The standard InChI is InChI=1S/C23H21N3O2/c1-17-6-5-13-26-15-20(25-22(17)26)16-28-21-11-9-19(10-12-21)23(27)24-14-18-7-3-2-4-8-18/h2-13,15H,14,16H2,1H3,(H,24,27). The Hall–Kier alpha value is -3.60. The van der Waals surface area contributed by atoms with Crippen LogP contribution in [0.15, 0.2) is 79.1 Å². The summed E-state index contributed by atoms with van der Waals surface area (Å²) >= 11 is 0. The molecule has 5 heteroatoms. The van der Waals surface area contributed by atoms with Gasteiger partial charge in [-0.15, -0.1) is 0 Å². The second-order valence-corrected chi connectivity index (χ2v) is 6.64. The van der Waals surface area contributed by atoms with Gasteiger partial charge in [0.1, 0.15) is 18.0 Å². The maximum atomic E-state index is 12.3. The van der Waals surface area contributed by atoms with Gasteiger partial charge < -0.3 is 14.5 Å². The van der Waals surface area contributed by atoms with Gasteiger partial charge in [-0.25, -0.2) is 4.98 Å². The maximum absolute atomic E-state index is 12.3. The van der Waals surface area contributed by atoms with Crippen LogP contribution in [0.25, 0.3) is 5.65 Å². The fourth-order valence-electron chi connectivity index (χ4n) is 3.01. The molecule has 2 aromatic heterocycles. The van der Waals surface area contributed by atoms with Crippen LogP contribution in [-0.2, 0) is 13.2 Å². The average Bonchev–Trinajstić information content (AvgIpc) is 3.16. The molecule has 0 radical (unpaired) electrons. The van der Waals surface area contributed by atoms with Crippen LogP contribution in [0.1, 0.15) is 27.2 Å². The highest BCUT2D eigenvalue weighted by Gasteiger charge is 2.07. The molecule has 0 fully saturated rings. The molecule has 2 heterocycles. The fraction of sp³-hybridized carbons (Fsp3) is 0.130. The summed E-state index contributed by atoms with van der Waals surface area (Å²) in [6.45, 7) is 2.92. The van der Waals surface area contributed by atoms with Gasteiger partial charge in [-0.05, 0) is 48.4 Å². The highest BCUT2D eigenvalue weighted by atomic mass is 16.5. The van der Waals surface area contributed by atoms with E-state index in [1.807, 2.05) is 66.2 Å². The summed E-state index contributed by atoms with van der Waals surface area (Å²) in [7, 11) is 0. The van der Waals surface area contributed by atoms with Crippen LogP contribution in [0.5, 0.6) is 5.75 Å². The molecular formula is C23H21N3O2. The number of hydrogen-bond acceptors (Lipinski definition) is 3. The third kappa shape index (κ3) is 4.04. The van der Waals surface area contributed by atoms with E-state index < -0.39 is 0 Å². The van der Waals surface area contributed by atoms with Gasteiger partial charge in [-0.2, -0.15) is 0 Å². The number of ether oxygens (including phenoxy) is 1. The second kappa shape index (κ2) is 7.96. The van der Waals surface area contributed by atoms with E-state index >= 15 is 0 Å². The molecule has 0 aliphatic rings. The number of carbonyl (C=O) groups excluding carboxylic acids is 1. The Labute approximate surface area is 163 Å². The number of pyridine rings is 1. The van der Waals surface area contributed by atoms with E-state index in [4.69, 9.17) is 4.74 Å². The zero-order valence-corrected chi connectivity index (χ0v) is 15.6. The highest BCUT2D eigenvalue weighted by molar-refractivity contribution is 5.94. The molecule has 140 valence electrons. The van der Waals surface area contributed by atoms with Crippen molar-refractivity contribution >= 4 is 11.6 Å². The fourth-order valence-corrected chi connectivity index (χ4v) is 3.01. The third-order valence-electron chi connectivity index (χ3n) is 4.53. The Morgan fingerprint density at radius 3 is 2.57 bits per heavy atom. The monoisotopic (exact) mass is 371 g/mol. The summed E-state index contributed by atoms with van der Waals surface area (Å²) in [6, 6.07) is 21.0. The van der Waals surface area contributed by atoms with Crippen LogP contribution in [-0.4, -0.2) is 15.3 Å². The van der Waals surface area contributed by atoms with E-state index in [0.29, 0.717) is 24.5 Å². The molecular weight excluding hydrogens is 350 g/mol. The van der Waals surface area contributed by atoms with Crippen LogP contribution in [0.4, 0.5) is 0 Å². The zero-order valence-electron chi connectivity index (χ0n) is 15.6. The Balaban J connectivity index is 1.34. The van der Waals surface area contributed by atoms with Gasteiger partial charge in [-0.1, -0.05) is 36.4 Å². The van der Waals surface area contributed by atoms with E-state index in [-0.39, 0.29) is 5.91 Å². The van der Waals surface area contributed by atoms with Gasteiger partial charge in [0.15, 0.2) is 0 Å². The predicted octanol–water partition coefficient (Wildman–Crippen LogP) is 4.15. The van der Waals surface area contributed by atoms with Gasteiger partial charge in [0.25, 0.3) is 5.91 Å². The number of carbonyl (C=O) groups is 1. The summed E-state index contributed by atoms with van der Waals surface area (Å²) in [5, 5.41) is 2.92. The minimum absolute atomic E-state index is 0.105. The van der Waals surface area contributed by atoms with Crippen molar-refractivity contribution in [2.45, 2.75) is 20.1 Å². The first kappa shape index (κ1) is 17.8. The Morgan fingerprint density at radius 1 is 1.04 bits per heavy atom. The first-order chi connectivity index (χ1) is 13.7. The van der Waals surface area contributed by atoms with Gasteiger partial charge >= 0.3 is 0 Å². The molecule has 28 heavy (non-hydrogen) atoms. The summed E-state index contributed by atoms with van der Waals surface area (Å²) < 4.78 is 7.81. The van der Waals surface area contributed by atoms with Crippen LogP contribution in [0.2, 0.25) is 0 Å². The molecule has 0 saturated heterocycles. The molecule has 0 aliphatic carbocycles. The third-order valence-corrected chi connectivity index (χ3v) is 4.53. The predicted molar refractivity (Wildman–Crippen MR) is 108 cm³/mol. The van der Waals surface area contributed by atoms with Crippen molar-refractivity contribution in [3.8, 4) is 5.75 Å². The van der Waals surface area contributed by atoms with E-state index in [1.165, 1.54) is 0 Å². The van der Waals surface area contributed by atoms with Crippen LogP contribution in [0.3, 0.4) is 0 Å². The zero-order chi connectivity index (χ0) is 19.3. The average molecular weight is 371 g/mol. The van der Waals surface area contributed by atoms with Crippen LogP contribution < -0.4 is 10.1 Å². The number of rotatable bonds is 6. The van der Waals surface area contributed by atoms with Gasteiger partial charge in [0.2, 0.25) is 0 Å². The molecule has 2 aromatic carbocycles. The highest BCUT2D eigenvalue weighted by Crippen LogP contribution is 2.16. The maximum Gasteiger partial charge on any atom is 0.251 e. The molecule has 0 saturated carbocycles. The Bertz CT molecular complexity index is 1090. The van der Waals surface area contributed by atoms with Crippen LogP contribution >= 0.6 is 0 Å². The first-order valence-electron chi connectivity index (χ1n) is 9.17. The summed E-state index contributed by atoms with van der Waals surface area (Å²) in [5.74, 6) is 0.597. The lowest BCUT2D eigenvalue weighted by molar-refractivity contribution is 0.0951. The molecule has 5 nitrogen and oxygen atoms in total. The molecule has 0 unspecified atom stereocenters. The van der Waals surface area contributed by atoms with Crippen LogP contribution in [0, 0.1) is 6.92 Å². The Morgan fingerprint density at radius 2 is 1.82 bits per heavy atom. The van der Waals surface area contributed by atoms with Crippen molar-refractivity contribution in [2.24, 2.45) is 0 Å². The van der Waals surface area contributed by atoms with Crippen molar-refractivity contribution in [1.29, 1.82) is 0 Å². The molecule has 0 bridgehead atoms. The topological polar surface area (TPSA) is 55.6 Å². The molecule has 0 spiro atoms. The van der Waals surface area contributed by atoms with E-state index in [2.05, 4.69) is 10.3 Å². The number of aryl methyl sites for hydroxylation is 1. The molecule has 1 N–H and O–H groups in total. The molecule has 4 rings (SSSR count). The van der Waals surface area contributed by atoms with Gasteiger partial charge in [0.05, 0.1) is 5.69 Å². The summed E-state index contributed by atoms with van der Waals surface area (Å²) in [5.41, 5.74) is 4.59. The molecule has 4 aromatic rings. The van der Waals surface area contributed by atoms with Crippen molar-refractivity contribution in [2.75, 3.05) is 0 Å². The normalized spacial score (nSPS) is 10.8. The minimum atomic E-state index is -0.105. The molecule has 0 atom stereocenters.